The third-order valence-electron chi connectivity index (χ3n) is 5.96. The number of sulfonamides is 1. The van der Waals surface area contributed by atoms with Crippen LogP contribution in [0.1, 0.15) is 52.1 Å². The molecule has 1 aliphatic carbocycles. The lowest BCUT2D eigenvalue weighted by Gasteiger charge is -2.39. The molecular weight excluding hydrogens is 486 g/mol. The normalized spacial score (nSPS) is 17.1. The summed E-state index contributed by atoms with van der Waals surface area (Å²) in [6.07, 6.45) is 3.38. The van der Waals surface area contributed by atoms with Gasteiger partial charge < -0.3 is 20.3 Å². The van der Waals surface area contributed by atoms with Gasteiger partial charge in [0.1, 0.15) is 11.7 Å². The van der Waals surface area contributed by atoms with E-state index < -0.39 is 21.7 Å². The lowest BCUT2D eigenvalue weighted by atomic mass is 10.0. The van der Waals surface area contributed by atoms with Crippen molar-refractivity contribution in [1.29, 1.82) is 5.26 Å². The quantitative estimate of drug-likeness (QED) is 0.438. The molecule has 0 bridgehead atoms. The van der Waals surface area contributed by atoms with Crippen LogP contribution in [0, 0.1) is 17.2 Å². The van der Waals surface area contributed by atoms with Crippen molar-refractivity contribution < 1.29 is 17.9 Å². The Kier molecular flexibility index (Phi) is 7.51. The molecule has 1 saturated heterocycles. The Morgan fingerprint density at radius 2 is 1.97 bits per heavy atom. The van der Waals surface area contributed by atoms with Crippen LogP contribution in [0.4, 0.5) is 16.7 Å². The van der Waals surface area contributed by atoms with E-state index in [-0.39, 0.29) is 30.0 Å². The zero-order chi connectivity index (χ0) is 25.9. The van der Waals surface area contributed by atoms with Crippen LogP contribution in [0.3, 0.4) is 0 Å². The largest absolute Gasteiger partial charge is 0.444 e. The Morgan fingerprint density at radius 3 is 2.64 bits per heavy atom. The van der Waals surface area contributed by atoms with Crippen LogP contribution in [0.15, 0.2) is 6.07 Å². The Bertz CT molecular complexity index is 1240. The van der Waals surface area contributed by atoms with E-state index in [4.69, 9.17) is 4.74 Å². The number of fused-ring (bicyclic) bond motifs is 1. The predicted molar refractivity (Wildman–Crippen MR) is 133 cm³/mol. The summed E-state index contributed by atoms with van der Waals surface area (Å²) < 4.78 is 34.3. The first-order chi connectivity index (χ1) is 17.0. The zero-order valence-electron chi connectivity index (χ0n) is 20.8. The lowest BCUT2D eigenvalue weighted by molar-refractivity contribution is 0.0516. The van der Waals surface area contributed by atoms with Crippen LogP contribution in [0.25, 0.3) is 5.65 Å². The number of rotatable bonds is 9. The number of hydrogen-bond acceptors (Lipinski definition) is 10. The summed E-state index contributed by atoms with van der Waals surface area (Å²) in [6.45, 7) is 7.29. The Hall–Kier alpha value is -3.18. The molecule has 0 radical (unpaired) electrons. The fourth-order valence-electron chi connectivity index (χ4n) is 4.24. The number of nitrogens with zero attached hydrogens (tertiary/aromatic N) is 6. The summed E-state index contributed by atoms with van der Waals surface area (Å²) in [4.78, 5) is 22.9. The molecule has 3 heterocycles. The highest BCUT2D eigenvalue weighted by atomic mass is 32.2. The molecule has 0 aromatic carbocycles. The van der Waals surface area contributed by atoms with E-state index in [1.165, 1.54) is 4.52 Å². The van der Waals surface area contributed by atoms with Crippen LogP contribution in [0.5, 0.6) is 0 Å². The second-order valence-electron chi connectivity index (χ2n) is 10.3. The SMILES string of the molecule is CC(C)(C)OC(=O)NCC1CN(c2nc(NCCS(=O)(=O)NC3CCCC3)n3nc(C#N)cc3n2)C1. The first-order valence-electron chi connectivity index (χ1n) is 12.1. The highest BCUT2D eigenvalue weighted by molar-refractivity contribution is 7.89. The molecule has 36 heavy (non-hydrogen) atoms. The number of hydrogen-bond donors (Lipinski definition) is 3. The fraction of sp³-hybridized carbons (Fsp3) is 0.682. The topological polar surface area (TPSA) is 167 Å². The van der Waals surface area contributed by atoms with Gasteiger partial charge in [0.25, 0.3) is 0 Å². The van der Waals surface area contributed by atoms with Gasteiger partial charge in [-0.05, 0) is 33.6 Å². The van der Waals surface area contributed by atoms with Gasteiger partial charge in [0.2, 0.25) is 21.9 Å². The van der Waals surface area contributed by atoms with Crippen molar-refractivity contribution in [2.24, 2.45) is 5.92 Å². The number of alkyl carbamates (subject to hydrolysis) is 1. The standard InChI is InChI=1S/C22H33N9O4S/c1-22(2,3)35-21(32)25-12-15-13-30(14-15)20-26-18-10-17(11-23)28-31(18)19(27-20)24-8-9-36(33,34)29-16-6-4-5-7-16/h10,15-16,29H,4-9,12-14H2,1-3H3,(H,25,32)(H,24,26,27). The highest BCUT2D eigenvalue weighted by Gasteiger charge is 2.30. The van der Waals surface area contributed by atoms with Crippen molar-refractivity contribution in [3.05, 3.63) is 11.8 Å². The molecule has 2 aromatic heterocycles. The molecule has 0 atom stereocenters. The maximum Gasteiger partial charge on any atom is 0.407 e. The Morgan fingerprint density at radius 1 is 1.25 bits per heavy atom. The summed E-state index contributed by atoms with van der Waals surface area (Å²) in [5, 5.41) is 19.3. The van der Waals surface area contributed by atoms with Crippen molar-refractivity contribution in [1.82, 2.24) is 29.6 Å². The van der Waals surface area contributed by atoms with Crippen LogP contribution < -0.4 is 20.3 Å². The van der Waals surface area contributed by atoms with Gasteiger partial charge in [0.05, 0.1) is 5.75 Å². The van der Waals surface area contributed by atoms with Crippen LogP contribution in [-0.4, -0.2) is 77.7 Å². The molecule has 3 N–H and O–H groups in total. The van der Waals surface area contributed by atoms with E-state index in [1.54, 1.807) is 6.07 Å². The molecule has 14 heteroatoms. The molecule has 1 aliphatic heterocycles. The van der Waals surface area contributed by atoms with Crippen molar-refractivity contribution in [3.8, 4) is 6.07 Å². The van der Waals surface area contributed by atoms with Gasteiger partial charge in [-0.15, -0.1) is 0 Å². The molecule has 196 valence electrons. The van der Waals surface area contributed by atoms with Gasteiger partial charge >= 0.3 is 6.09 Å². The molecule has 0 unspecified atom stereocenters. The number of carbonyl (C=O) groups is 1. The second-order valence-corrected chi connectivity index (χ2v) is 12.1. The molecule has 2 aliphatic rings. The van der Waals surface area contributed by atoms with E-state index in [1.807, 2.05) is 31.7 Å². The maximum absolute atomic E-state index is 12.4. The number of carbonyl (C=O) groups excluding carboxylic acids is 1. The van der Waals surface area contributed by atoms with E-state index >= 15 is 0 Å². The van der Waals surface area contributed by atoms with Crippen LogP contribution in [-0.2, 0) is 14.8 Å². The molecule has 4 rings (SSSR count). The average molecular weight is 520 g/mol. The first kappa shape index (κ1) is 25.9. The number of nitrogens with one attached hydrogen (secondary N) is 3. The summed E-state index contributed by atoms with van der Waals surface area (Å²) in [5.74, 6) is 0.844. The highest BCUT2D eigenvalue weighted by Crippen LogP contribution is 2.24. The lowest BCUT2D eigenvalue weighted by Crippen LogP contribution is -2.52. The minimum atomic E-state index is -3.43. The smallest absolute Gasteiger partial charge is 0.407 e. The van der Waals surface area contributed by atoms with Gasteiger partial charge in [0.15, 0.2) is 11.3 Å². The summed E-state index contributed by atoms with van der Waals surface area (Å²) in [6, 6.07) is 3.56. The van der Waals surface area contributed by atoms with Gasteiger partial charge in [0, 0.05) is 44.2 Å². The molecule has 13 nitrogen and oxygen atoms in total. The van der Waals surface area contributed by atoms with E-state index in [0.717, 1.165) is 25.7 Å². The first-order valence-corrected chi connectivity index (χ1v) is 13.8. The third-order valence-corrected chi connectivity index (χ3v) is 7.39. The summed E-state index contributed by atoms with van der Waals surface area (Å²) >= 11 is 0. The molecular formula is C22H33N9O4S. The maximum atomic E-state index is 12.4. The van der Waals surface area contributed by atoms with Gasteiger partial charge in [-0.3, -0.25) is 0 Å². The summed E-state index contributed by atoms with van der Waals surface area (Å²) in [7, 11) is -3.43. The van der Waals surface area contributed by atoms with Gasteiger partial charge in [-0.25, -0.2) is 17.9 Å². The van der Waals surface area contributed by atoms with Crippen molar-refractivity contribution in [2.45, 2.75) is 58.1 Å². The minimum Gasteiger partial charge on any atom is -0.444 e. The monoisotopic (exact) mass is 519 g/mol. The molecule has 1 saturated carbocycles. The Balaban J connectivity index is 1.37. The number of aromatic nitrogens is 4. The van der Waals surface area contributed by atoms with E-state index in [0.29, 0.717) is 37.2 Å². The fourth-order valence-corrected chi connectivity index (χ4v) is 5.48. The Labute approximate surface area is 210 Å². The number of nitriles is 1. The molecule has 2 aromatic rings. The predicted octanol–water partition coefficient (Wildman–Crippen LogP) is 1.23. The van der Waals surface area contributed by atoms with Gasteiger partial charge in [-0.1, -0.05) is 12.8 Å². The van der Waals surface area contributed by atoms with Gasteiger partial charge in [-0.2, -0.15) is 24.8 Å². The van der Waals surface area contributed by atoms with Crippen molar-refractivity contribution in [2.75, 3.05) is 42.1 Å². The number of amides is 1. The molecule has 2 fully saturated rings. The van der Waals surface area contributed by atoms with E-state index in [9.17, 15) is 18.5 Å². The molecule has 1 amide bonds. The summed E-state index contributed by atoms with van der Waals surface area (Å²) in [5.41, 5.74) is 0.0614. The average Bonchev–Trinajstić information content (AvgIpc) is 3.40. The van der Waals surface area contributed by atoms with Crippen molar-refractivity contribution in [3.63, 3.8) is 0 Å². The van der Waals surface area contributed by atoms with Crippen LogP contribution >= 0.6 is 0 Å². The minimum absolute atomic E-state index is 0.0147. The number of ether oxygens (including phenoxy) is 1. The second kappa shape index (κ2) is 10.4. The van der Waals surface area contributed by atoms with Crippen molar-refractivity contribution >= 4 is 33.7 Å². The third kappa shape index (κ3) is 6.73. The zero-order valence-corrected chi connectivity index (χ0v) is 21.6. The number of anilines is 2. The molecule has 0 spiro atoms. The van der Waals surface area contributed by atoms with Crippen LogP contribution in [0.2, 0.25) is 0 Å². The van der Waals surface area contributed by atoms with E-state index in [2.05, 4.69) is 30.4 Å².